The number of rotatable bonds is 4. The topological polar surface area (TPSA) is 78.6 Å². The number of esters is 2. The zero-order chi connectivity index (χ0) is 13.7. The second kappa shape index (κ2) is 6.16. The lowest BCUT2D eigenvalue weighted by atomic mass is 9.96. The minimum absolute atomic E-state index is 0.330. The van der Waals surface area contributed by atoms with Crippen LogP contribution in [0, 0.1) is 0 Å². The van der Waals surface area contributed by atoms with E-state index in [9.17, 15) is 9.59 Å². The quantitative estimate of drug-likeness (QED) is 0.823. The largest absolute Gasteiger partial charge is 0.465 e. The van der Waals surface area contributed by atoms with Gasteiger partial charge in [-0.05, 0) is 30.2 Å². The summed E-state index contributed by atoms with van der Waals surface area (Å²) in [6.45, 7) is 1.90. The average Bonchev–Trinajstić information content (AvgIpc) is 2.43. The molecule has 0 aliphatic carbocycles. The summed E-state index contributed by atoms with van der Waals surface area (Å²) in [6.07, 6.45) is 0.647. The van der Waals surface area contributed by atoms with E-state index in [1.165, 1.54) is 26.4 Å². The van der Waals surface area contributed by atoms with E-state index in [4.69, 9.17) is 5.73 Å². The molecule has 0 saturated carbocycles. The van der Waals surface area contributed by atoms with E-state index >= 15 is 0 Å². The van der Waals surface area contributed by atoms with Crippen molar-refractivity contribution in [1.82, 2.24) is 0 Å². The van der Waals surface area contributed by atoms with Gasteiger partial charge >= 0.3 is 11.9 Å². The summed E-state index contributed by atoms with van der Waals surface area (Å²) in [6, 6.07) is 4.29. The minimum atomic E-state index is -0.467. The van der Waals surface area contributed by atoms with Crippen LogP contribution in [0.1, 0.15) is 45.7 Å². The smallest absolute Gasteiger partial charge is 0.338 e. The maximum absolute atomic E-state index is 11.6. The Hall–Kier alpha value is -1.88. The monoisotopic (exact) mass is 251 g/mol. The Morgan fingerprint density at radius 2 is 1.83 bits per heavy atom. The molecule has 0 aromatic heterocycles. The third-order valence-electron chi connectivity index (χ3n) is 2.72. The predicted octanol–water partition coefficient (Wildman–Crippen LogP) is 1.67. The van der Waals surface area contributed by atoms with E-state index in [1.54, 1.807) is 6.07 Å². The maximum Gasteiger partial charge on any atom is 0.338 e. The second-order valence-corrected chi connectivity index (χ2v) is 3.80. The van der Waals surface area contributed by atoms with E-state index in [1.807, 2.05) is 6.92 Å². The van der Waals surface area contributed by atoms with E-state index in [-0.39, 0.29) is 6.04 Å². The van der Waals surface area contributed by atoms with E-state index in [0.29, 0.717) is 23.1 Å². The van der Waals surface area contributed by atoms with Crippen molar-refractivity contribution in [3.05, 3.63) is 34.9 Å². The van der Waals surface area contributed by atoms with Crippen molar-refractivity contribution < 1.29 is 19.1 Å². The van der Waals surface area contributed by atoms with Crippen LogP contribution in [0.25, 0.3) is 0 Å². The number of hydrogen-bond acceptors (Lipinski definition) is 5. The molecule has 0 amide bonds. The molecule has 0 bridgehead atoms. The lowest BCUT2D eigenvalue weighted by molar-refractivity contribution is 0.0585. The highest BCUT2D eigenvalue weighted by Gasteiger charge is 2.18. The van der Waals surface area contributed by atoms with Gasteiger partial charge in [-0.2, -0.15) is 0 Å². The predicted molar refractivity (Wildman–Crippen MR) is 66.3 cm³/mol. The Morgan fingerprint density at radius 1 is 1.22 bits per heavy atom. The first-order chi connectivity index (χ1) is 8.54. The number of hydrogen-bond donors (Lipinski definition) is 1. The van der Waals surface area contributed by atoms with Crippen LogP contribution in [-0.2, 0) is 9.47 Å². The number of carbonyl (C=O) groups excluding carboxylic acids is 2. The van der Waals surface area contributed by atoms with Gasteiger partial charge in [0.05, 0.1) is 25.3 Å². The van der Waals surface area contributed by atoms with Crippen LogP contribution in [0.3, 0.4) is 0 Å². The van der Waals surface area contributed by atoms with Gasteiger partial charge in [-0.3, -0.25) is 0 Å². The molecule has 5 heteroatoms. The molecule has 1 rings (SSSR count). The third kappa shape index (κ3) is 2.87. The molecule has 98 valence electrons. The summed E-state index contributed by atoms with van der Waals surface area (Å²) >= 11 is 0. The first kappa shape index (κ1) is 14.2. The van der Waals surface area contributed by atoms with Gasteiger partial charge in [0.25, 0.3) is 0 Å². The Labute approximate surface area is 106 Å². The molecule has 1 aromatic rings. The van der Waals surface area contributed by atoms with Crippen molar-refractivity contribution in [2.45, 2.75) is 19.4 Å². The van der Waals surface area contributed by atoms with E-state index in [2.05, 4.69) is 9.47 Å². The summed E-state index contributed by atoms with van der Waals surface area (Å²) in [5.41, 5.74) is 7.27. The van der Waals surface area contributed by atoms with Crippen LogP contribution in [0.15, 0.2) is 18.2 Å². The van der Waals surface area contributed by atoms with Gasteiger partial charge < -0.3 is 15.2 Å². The number of carbonyl (C=O) groups is 2. The van der Waals surface area contributed by atoms with Crippen LogP contribution in [0.2, 0.25) is 0 Å². The summed E-state index contributed by atoms with van der Waals surface area (Å²) in [5.74, 6) is -0.929. The van der Waals surface area contributed by atoms with Crippen molar-refractivity contribution in [2.24, 2.45) is 5.73 Å². The lowest BCUT2D eigenvalue weighted by Gasteiger charge is -2.14. The molecular formula is C13H17NO4. The van der Waals surface area contributed by atoms with Gasteiger partial charge in [-0.15, -0.1) is 0 Å². The highest BCUT2D eigenvalue weighted by Crippen LogP contribution is 2.21. The second-order valence-electron chi connectivity index (χ2n) is 3.80. The summed E-state index contributed by atoms with van der Waals surface area (Å²) in [5, 5.41) is 0. The van der Waals surface area contributed by atoms with Crippen molar-refractivity contribution in [1.29, 1.82) is 0 Å². The molecular weight excluding hydrogens is 234 g/mol. The summed E-state index contributed by atoms with van der Waals surface area (Å²) in [4.78, 5) is 23.1. The van der Waals surface area contributed by atoms with Gasteiger partial charge in [0.1, 0.15) is 0 Å². The zero-order valence-corrected chi connectivity index (χ0v) is 10.7. The van der Waals surface area contributed by atoms with E-state index < -0.39 is 11.9 Å². The van der Waals surface area contributed by atoms with Crippen molar-refractivity contribution in [3.63, 3.8) is 0 Å². The maximum atomic E-state index is 11.6. The molecule has 0 aliphatic heterocycles. The van der Waals surface area contributed by atoms with Crippen molar-refractivity contribution in [3.8, 4) is 0 Å². The molecule has 1 atom stereocenters. The van der Waals surface area contributed by atoms with Crippen LogP contribution < -0.4 is 5.73 Å². The molecule has 1 aromatic carbocycles. The average molecular weight is 251 g/mol. The standard InChI is InChI=1S/C13H17NO4/c1-4-11(14)10-7-8(12(15)17-2)5-6-9(10)13(16)18-3/h5-7,11H,4,14H2,1-3H3/t11-/m1/s1. The molecule has 2 N–H and O–H groups in total. The molecule has 0 radical (unpaired) electrons. The Balaban J connectivity index is 3.29. The van der Waals surface area contributed by atoms with Gasteiger partial charge in [-0.25, -0.2) is 9.59 Å². The van der Waals surface area contributed by atoms with E-state index in [0.717, 1.165) is 0 Å². The third-order valence-corrected chi connectivity index (χ3v) is 2.72. The van der Waals surface area contributed by atoms with Crippen molar-refractivity contribution >= 4 is 11.9 Å². The van der Waals surface area contributed by atoms with Gasteiger partial charge in [0.15, 0.2) is 0 Å². The van der Waals surface area contributed by atoms with Gasteiger partial charge in [-0.1, -0.05) is 6.92 Å². The summed E-state index contributed by atoms with van der Waals surface area (Å²) in [7, 11) is 2.60. The van der Waals surface area contributed by atoms with Crippen LogP contribution in [0.4, 0.5) is 0 Å². The highest BCUT2D eigenvalue weighted by molar-refractivity contribution is 5.95. The van der Waals surface area contributed by atoms with Crippen molar-refractivity contribution in [2.75, 3.05) is 14.2 Å². The SMILES string of the molecule is CC[C@@H](N)c1cc(C(=O)OC)ccc1C(=O)OC. The molecule has 0 aliphatic rings. The molecule has 0 spiro atoms. The normalized spacial score (nSPS) is 11.8. The molecule has 0 heterocycles. The van der Waals surface area contributed by atoms with Crippen LogP contribution in [0.5, 0.6) is 0 Å². The fraction of sp³-hybridized carbons (Fsp3) is 0.385. The minimum Gasteiger partial charge on any atom is -0.465 e. The molecule has 0 saturated heterocycles. The van der Waals surface area contributed by atoms with Crippen LogP contribution >= 0.6 is 0 Å². The first-order valence-corrected chi connectivity index (χ1v) is 5.61. The molecule has 18 heavy (non-hydrogen) atoms. The van der Waals surface area contributed by atoms with Crippen LogP contribution in [-0.4, -0.2) is 26.2 Å². The first-order valence-electron chi connectivity index (χ1n) is 5.61. The molecule has 5 nitrogen and oxygen atoms in total. The molecule has 0 fully saturated rings. The Kier molecular flexibility index (Phi) is 4.85. The fourth-order valence-electron chi connectivity index (χ4n) is 1.63. The highest BCUT2D eigenvalue weighted by atomic mass is 16.5. The number of nitrogens with two attached hydrogens (primary N) is 1. The number of ether oxygens (including phenoxy) is 2. The summed E-state index contributed by atoms with van der Waals surface area (Å²) < 4.78 is 9.32. The Bertz CT molecular complexity index is 456. The molecule has 0 unspecified atom stereocenters. The number of methoxy groups -OCH3 is 2. The zero-order valence-electron chi connectivity index (χ0n) is 10.7. The number of benzene rings is 1. The van der Waals surface area contributed by atoms with Gasteiger partial charge in [0, 0.05) is 6.04 Å². The lowest BCUT2D eigenvalue weighted by Crippen LogP contribution is -2.16. The fourth-order valence-corrected chi connectivity index (χ4v) is 1.63. The Morgan fingerprint density at radius 3 is 2.33 bits per heavy atom. The van der Waals surface area contributed by atoms with Gasteiger partial charge in [0.2, 0.25) is 0 Å².